The lowest BCUT2D eigenvalue weighted by Gasteiger charge is -2.38. The Balaban J connectivity index is 1.48. The van der Waals surface area contributed by atoms with Gasteiger partial charge in [0.15, 0.2) is 5.65 Å². The molecule has 6 rings (SSSR count). The molecule has 184 valence electrons. The molecule has 2 N–H and O–H groups in total. The lowest BCUT2D eigenvalue weighted by molar-refractivity contribution is 0.0902. The molecule has 9 nitrogen and oxygen atoms in total. The number of nitrogens with one attached hydrogen (secondary N) is 1. The van der Waals surface area contributed by atoms with E-state index in [1.807, 2.05) is 30.3 Å². The quantitative estimate of drug-likeness (QED) is 0.539. The van der Waals surface area contributed by atoms with Crippen LogP contribution >= 0.6 is 0 Å². The van der Waals surface area contributed by atoms with Crippen LogP contribution in [-0.2, 0) is 9.47 Å². The van der Waals surface area contributed by atoms with Crippen molar-refractivity contribution in [2.75, 3.05) is 49.8 Å². The third kappa shape index (κ3) is 4.12. The molecular formula is C26H32N6O3. The average molecular weight is 477 g/mol. The van der Waals surface area contributed by atoms with Crippen molar-refractivity contribution in [1.29, 1.82) is 0 Å². The monoisotopic (exact) mass is 476 g/mol. The van der Waals surface area contributed by atoms with E-state index < -0.39 is 6.23 Å². The maximum atomic E-state index is 10.2. The van der Waals surface area contributed by atoms with Crippen LogP contribution in [0.5, 0.6) is 0 Å². The molecule has 1 aromatic carbocycles. The first-order chi connectivity index (χ1) is 17.1. The van der Waals surface area contributed by atoms with E-state index in [4.69, 9.17) is 24.4 Å². The molecule has 4 atom stereocenters. The van der Waals surface area contributed by atoms with Crippen molar-refractivity contribution in [3.63, 3.8) is 0 Å². The van der Waals surface area contributed by atoms with Gasteiger partial charge in [-0.15, -0.1) is 0 Å². The van der Waals surface area contributed by atoms with Gasteiger partial charge in [0.05, 0.1) is 55.6 Å². The fourth-order valence-electron chi connectivity index (χ4n) is 5.50. The van der Waals surface area contributed by atoms with Crippen LogP contribution in [0.4, 0.5) is 11.8 Å². The maximum absolute atomic E-state index is 10.2. The summed E-state index contributed by atoms with van der Waals surface area (Å²) in [6.07, 6.45) is 1.51. The molecule has 35 heavy (non-hydrogen) atoms. The number of hydrogen-bond acceptors (Lipinski definition) is 9. The first-order valence-electron chi connectivity index (χ1n) is 12.5. The zero-order valence-electron chi connectivity index (χ0n) is 20.2. The highest BCUT2D eigenvalue weighted by molar-refractivity contribution is 5.90. The molecule has 0 radical (unpaired) electrons. The molecule has 0 aliphatic carbocycles. The van der Waals surface area contributed by atoms with Crippen molar-refractivity contribution in [1.82, 2.24) is 20.3 Å². The maximum Gasteiger partial charge on any atom is 0.229 e. The number of nitrogens with zero attached hydrogens (tertiary/aromatic N) is 5. The number of aliphatic hydroxyl groups excluding tert-OH is 1. The van der Waals surface area contributed by atoms with Crippen LogP contribution in [0.1, 0.15) is 31.6 Å². The Kier molecular flexibility index (Phi) is 6.01. The SMILES string of the molecule is CNC(O)c1cccc(-c2ccc3c(N4C5CCC4COC5)nc(N4CCOCC4C)nc3n2)c1. The van der Waals surface area contributed by atoms with Crippen molar-refractivity contribution in [3.8, 4) is 11.3 Å². The summed E-state index contributed by atoms with van der Waals surface area (Å²) in [5.74, 6) is 1.66. The highest BCUT2D eigenvalue weighted by Gasteiger charge is 2.39. The van der Waals surface area contributed by atoms with Crippen LogP contribution in [0, 0.1) is 0 Å². The van der Waals surface area contributed by atoms with Gasteiger partial charge in [-0.3, -0.25) is 5.32 Å². The summed E-state index contributed by atoms with van der Waals surface area (Å²) in [7, 11) is 1.73. The van der Waals surface area contributed by atoms with Gasteiger partial charge in [0.25, 0.3) is 0 Å². The number of morpholine rings is 2. The number of benzene rings is 1. The summed E-state index contributed by atoms with van der Waals surface area (Å²) < 4.78 is 11.5. The summed E-state index contributed by atoms with van der Waals surface area (Å²) in [5, 5.41) is 14.1. The summed E-state index contributed by atoms with van der Waals surface area (Å²) in [5.41, 5.74) is 3.24. The smallest absolute Gasteiger partial charge is 0.229 e. The fraction of sp³-hybridized carbons (Fsp3) is 0.500. The number of ether oxygens (including phenoxy) is 2. The second kappa shape index (κ2) is 9.31. The largest absolute Gasteiger partial charge is 0.377 e. The van der Waals surface area contributed by atoms with Gasteiger partial charge in [0.2, 0.25) is 5.95 Å². The minimum Gasteiger partial charge on any atom is -0.377 e. The topological polar surface area (TPSA) is 95.9 Å². The van der Waals surface area contributed by atoms with Gasteiger partial charge in [-0.25, -0.2) is 4.98 Å². The zero-order chi connectivity index (χ0) is 23.9. The summed E-state index contributed by atoms with van der Waals surface area (Å²) in [4.78, 5) is 19.8. The number of rotatable bonds is 5. The van der Waals surface area contributed by atoms with E-state index >= 15 is 0 Å². The van der Waals surface area contributed by atoms with Crippen molar-refractivity contribution in [2.24, 2.45) is 0 Å². The van der Waals surface area contributed by atoms with Crippen LogP contribution in [0.2, 0.25) is 0 Å². The summed E-state index contributed by atoms with van der Waals surface area (Å²) in [6.45, 7) is 5.69. The Bertz CT molecular complexity index is 1210. The minimum atomic E-state index is -0.726. The first-order valence-corrected chi connectivity index (χ1v) is 12.5. The molecule has 4 unspecified atom stereocenters. The molecular weight excluding hydrogens is 444 g/mol. The van der Waals surface area contributed by atoms with E-state index in [1.165, 1.54) is 0 Å². The Morgan fingerprint density at radius 2 is 1.86 bits per heavy atom. The molecule has 3 aliphatic rings. The van der Waals surface area contributed by atoms with Gasteiger partial charge in [-0.05, 0) is 50.6 Å². The van der Waals surface area contributed by atoms with Crippen LogP contribution < -0.4 is 15.1 Å². The van der Waals surface area contributed by atoms with E-state index in [1.54, 1.807) is 7.05 Å². The van der Waals surface area contributed by atoms with E-state index in [9.17, 15) is 5.11 Å². The molecule has 3 aromatic rings. The predicted octanol–water partition coefficient (Wildman–Crippen LogP) is 2.49. The number of aliphatic hydroxyl groups is 1. The van der Waals surface area contributed by atoms with Crippen molar-refractivity contribution in [3.05, 3.63) is 42.0 Å². The van der Waals surface area contributed by atoms with Gasteiger partial charge in [-0.2, -0.15) is 9.97 Å². The van der Waals surface area contributed by atoms with E-state index in [2.05, 4.69) is 28.1 Å². The molecule has 0 amide bonds. The molecule has 2 aromatic heterocycles. The molecule has 3 fully saturated rings. The lowest BCUT2D eigenvalue weighted by atomic mass is 10.1. The molecule has 3 aliphatic heterocycles. The highest BCUT2D eigenvalue weighted by Crippen LogP contribution is 2.38. The van der Waals surface area contributed by atoms with Crippen LogP contribution in [0.15, 0.2) is 36.4 Å². The third-order valence-corrected chi connectivity index (χ3v) is 7.41. The van der Waals surface area contributed by atoms with Gasteiger partial charge in [0.1, 0.15) is 12.0 Å². The van der Waals surface area contributed by atoms with E-state index in [0.717, 1.165) is 60.6 Å². The van der Waals surface area contributed by atoms with Crippen molar-refractivity contribution >= 4 is 22.8 Å². The second-order valence-electron chi connectivity index (χ2n) is 9.68. The summed E-state index contributed by atoms with van der Waals surface area (Å²) >= 11 is 0. The molecule has 9 heteroatoms. The highest BCUT2D eigenvalue weighted by atomic mass is 16.5. The van der Waals surface area contributed by atoms with Gasteiger partial charge in [0, 0.05) is 12.1 Å². The first kappa shape index (κ1) is 22.6. The minimum absolute atomic E-state index is 0.193. The van der Waals surface area contributed by atoms with Crippen molar-refractivity contribution in [2.45, 2.75) is 44.1 Å². The lowest BCUT2D eigenvalue weighted by Crippen LogP contribution is -2.47. The number of anilines is 2. The molecule has 3 saturated heterocycles. The van der Waals surface area contributed by atoms with Crippen molar-refractivity contribution < 1.29 is 14.6 Å². The Morgan fingerprint density at radius 3 is 2.63 bits per heavy atom. The zero-order valence-corrected chi connectivity index (χ0v) is 20.2. The van der Waals surface area contributed by atoms with Gasteiger partial charge in [-0.1, -0.05) is 18.2 Å². The number of pyridine rings is 1. The predicted molar refractivity (Wildman–Crippen MR) is 135 cm³/mol. The Hall–Kier alpha value is -2.85. The second-order valence-corrected chi connectivity index (χ2v) is 9.68. The van der Waals surface area contributed by atoms with Gasteiger partial charge < -0.3 is 24.4 Å². The fourth-order valence-corrected chi connectivity index (χ4v) is 5.50. The molecule has 2 bridgehead atoms. The van der Waals surface area contributed by atoms with E-state index in [0.29, 0.717) is 36.9 Å². The third-order valence-electron chi connectivity index (χ3n) is 7.41. The molecule has 0 spiro atoms. The Labute approximate surface area is 205 Å². The standard InChI is InChI=1S/C26H32N6O3/c1-16-13-34-11-10-31(16)26-29-23-21(24(30-26)32-19-6-7-20(32)15-35-14-19)8-9-22(28-23)17-4-3-5-18(12-17)25(33)27-2/h3-5,8-9,12,16,19-20,25,27,33H,6-7,10-11,13-15H2,1-2H3. The number of fused-ring (bicyclic) bond motifs is 3. The van der Waals surface area contributed by atoms with Crippen LogP contribution in [-0.4, -0.2) is 78.2 Å². The molecule has 0 saturated carbocycles. The van der Waals surface area contributed by atoms with Crippen LogP contribution in [0.3, 0.4) is 0 Å². The average Bonchev–Trinajstić information content (AvgIpc) is 3.14. The van der Waals surface area contributed by atoms with Crippen LogP contribution in [0.25, 0.3) is 22.3 Å². The normalized spacial score (nSPS) is 25.3. The number of hydrogen-bond donors (Lipinski definition) is 2. The molecule has 5 heterocycles. The van der Waals surface area contributed by atoms with Gasteiger partial charge >= 0.3 is 0 Å². The number of aromatic nitrogens is 3. The van der Waals surface area contributed by atoms with E-state index in [-0.39, 0.29) is 6.04 Å². The summed E-state index contributed by atoms with van der Waals surface area (Å²) in [6, 6.07) is 12.8. The Morgan fingerprint density at radius 1 is 1.03 bits per heavy atom.